The second-order valence-corrected chi connectivity index (χ2v) is 14.6. The van der Waals surface area contributed by atoms with Crippen molar-refractivity contribution < 1.29 is 0 Å². The first kappa shape index (κ1) is 32.6. The van der Waals surface area contributed by atoms with E-state index in [1.807, 2.05) is 29.5 Å². The molecule has 252 valence electrons. The first-order valence-corrected chi connectivity index (χ1v) is 19.0. The molecule has 1 nitrogen and oxygen atoms in total. The van der Waals surface area contributed by atoms with Crippen LogP contribution >= 0.6 is 11.3 Å². The van der Waals surface area contributed by atoms with Crippen molar-refractivity contribution in [1.82, 2.24) is 0 Å². The molecule has 1 heterocycles. The summed E-state index contributed by atoms with van der Waals surface area (Å²) in [4.78, 5) is 1.33. The zero-order chi connectivity index (χ0) is 35.7. The zero-order valence-electron chi connectivity index (χ0n) is 29.5. The lowest BCUT2D eigenvalue weighted by Crippen LogP contribution is -2.00. The van der Waals surface area contributed by atoms with Gasteiger partial charge < -0.3 is 5.41 Å². The van der Waals surface area contributed by atoms with E-state index in [0.717, 1.165) is 34.2 Å². The maximum atomic E-state index is 9.25. The number of benzene rings is 8. The van der Waals surface area contributed by atoms with Crippen molar-refractivity contribution in [2.45, 2.75) is 13.3 Å². The summed E-state index contributed by atoms with van der Waals surface area (Å²) in [7, 11) is 0. The highest BCUT2D eigenvalue weighted by molar-refractivity contribution is 7.23. The quantitative estimate of drug-likeness (QED) is 0.153. The Bertz CT molecular complexity index is 2820. The summed E-state index contributed by atoms with van der Waals surface area (Å²) in [5, 5.41) is 15.5. The Morgan fingerprint density at radius 1 is 0.528 bits per heavy atom. The summed E-state index contributed by atoms with van der Waals surface area (Å²) < 4.78 is 1.34. The van der Waals surface area contributed by atoms with Crippen LogP contribution in [0, 0.1) is 12.3 Å². The van der Waals surface area contributed by atoms with Crippen LogP contribution in [-0.4, -0.2) is 5.71 Å². The van der Waals surface area contributed by atoms with E-state index in [4.69, 9.17) is 0 Å². The fourth-order valence-corrected chi connectivity index (χ4v) is 9.08. The van der Waals surface area contributed by atoms with Crippen LogP contribution in [0.15, 0.2) is 188 Å². The highest BCUT2D eigenvalue weighted by Crippen LogP contribution is 2.46. The van der Waals surface area contributed by atoms with Crippen LogP contribution in [-0.2, 0) is 6.42 Å². The molecule has 0 fully saturated rings. The average molecular weight is 696 g/mol. The van der Waals surface area contributed by atoms with Gasteiger partial charge in [-0.1, -0.05) is 170 Å². The minimum Gasteiger partial charge on any atom is -0.300 e. The number of rotatable bonds is 8. The summed E-state index contributed by atoms with van der Waals surface area (Å²) in [6.07, 6.45) is 4.84. The minimum atomic E-state index is 0.505. The first-order chi connectivity index (χ1) is 26.1. The topological polar surface area (TPSA) is 23.9 Å². The number of hydrogen-bond acceptors (Lipinski definition) is 2. The largest absolute Gasteiger partial charge is 0.300 e. The second kappa shape index (κ2) is 14.0. The molecule has 53 heavy (non-hydrogen) atoms. The Morgan fingerprint density at radius 2 is 1.17 bits per heavy atom. The van der Waals surface area contributed by atoms with Crippen LogP contribution in [0.1, 0.15) is 16.7 Å². The molecule has 0 aliphatic rings. The van der Waals surface area contributed by atoms with Crippen molar-refractivity contribution in [3.63, 3.8) is 0 Å². The van der Waals surface area contributed by atoms with Crippen molar-refractivity contribution in [3.05, 3.63) is 205 Å². The van der Waals surface area contributed by atoms with Gasteiger partial charge >= 0.3 is 0 Å². The number of aryl methyl sites for hydroxylation is 1. The van der Waals surface area contributed by atoms with E-state index < -0.39 is 0 Å². The van der Waals surface area contributed by atoms with Gasteiger partial charge in [-0.25, -0.2) is 0 Å². The van der Waals surface area contributed by atoms with E-state index in [-0.39, 0.29) is 0 Å². The second-order valence-electron chi connectivity index (χ2n) is 13.6. The number of allylic oxidation sites excluding steroid dienone is 2. The van der Waals surface area contributed by atoms with Crippen LogP contribution in [0.5, 0.6) is 0 Å². The highest BCUT2D eigenvalue weighted by atomic mass is 32.1. The molecule has 0 unspecified atom stereocenters. The lowest BCUT2D eigenvalue weighted by molar-refractivity contribution is 1.27. The molecule has 0 aliphatic carbocycles. The molecule has 2 heteroatoms. The van der Waals surface area contributed by atoms with Gasteiger partial charge in [-0.2, -0.15) is 0 Å². The van der Waals surface area contributed by atoms with Gasteiger partial charge in [-0.05, 0) is 103 Å². The average Bonchev–Trinajstić information content (AvgIpc) is 3.56. The van der Waals surface area contributed by atoms with Crippen molar-refractivity contribution in [2.75, 3.05) is 0 Å². The van der Waals surface area contributed by atoms with Gasteiger partial charge in [0.1, 0.15) is 0 Å². The molecule has 1 N–H and O–H groups in total. The van der Waals surface area contributed by atoms with Gasteiger partial charge in [0.15, 0.2) is 0 Å². The SMILES string of the molecule is Cc1c(-c2ccccc2)sc2c1cc(-c1cccc(-c3ccc4ccccc4c3-c3ccccc3C(=N)/C=C\Cc3ccccc3)c1)c1ccccc12. The summed E-state index contributed by atoms with van der Waals surface area (Å²) in [6, 6.07) is 63.0. The normalized spacial score (nSPS) is 11.6. The van der Waals surface area contributed by atoms with Gasteiger partial charge in [-0.3, -0.25) is 0 Å². The zero-order valence-corrected chi connectivity index (χ0v) is 30.3. The molecule has 0 atom stereocenters. The predicted molar refractivity (Wildman–Crippen MR) is 229 cm³/mol. The van der Waals surface area contributed by atoms with Gasteiger partial charge in [0.05, 0.1) is 5.71 Å². The van der Waals surface area contributed by atoms with Crippen LogP contribution in [0.25, 0.3) is 75.5 Å². The monoisotopic (exact) mass is 695 g/mol. The standard InChI is InChI=1S/C51H37NS/c1-34-46-33-47(42-25-10-13-28-45(42)51(46)53-50(34)37-20-6-3-7-21-37)39-23-15-22-38(32-39)41-31-30-36-19-8-9-24-40(36)49(41)44-27-12-11-26-43(44)48(52)29-14-18-35-16-4-2-5-17-35/h2-17,19-33,52H,18H2,1H3/b29-14-,52-48?. The molecular weight excluding hydrogens is 659 g/mol. The fraction of sp³-hybridized carbons (Fsp3) is 0.0392. The number of thiophene rings is 1. The number of fused-ring (bicyclic) bond motifs is 4. The molecule has 0 amide bonds. The van der Waals surface area contributed by atoms with Crippen molar-refractivity contribution in [1.29, 1.82) is 5.41 Å². The summed E-state index contributed by atoms with van der Waals surface area (Å²) in [5.74, 6) is 0. The van der Waals surface area contributed by atoms with Crippen molar-refractivity contribution in [3.8, 4) is 43.8 Å². The molecule has 0 spiro atoms. The number of hydrogen-bond donors (Lipinski definition) is 1. The summed E-state index contributed by atoms with van der Waals surface area (Å²) in [6.45, 7) is 2.27. The molecule has 0 radical (unpaired) electrons. The predicted octanol–water partition coefficient (Wildman–Crippen LogP) is 14.4. The van der Waals surface area contributed by atoms with E-state index in [1.54, 1.807) is 0 Å². The maximum absolute atomic E-state index is 9.25. The molecule has 9 rings (SSSR count). The summed E-state index contributed by atoms with van der Waals surface area (Å²) in [5.41, 5.74) is 12.2. The lowest BCUT2D eigenvalue weighted by atomic mass is 9.85. The highest BCUT2D eigenvalue weighted by Gasteiger charge is 2.19. The van der Waals surface area contributed by atoms with Gasteiger partial charge in [0, 0.05) is 20.5 Å². The number of nitrogens with one attached hydrogen (secondary N) is 1. The Hall–Kier alpha value is -6.35. The third kappa shape index (κ3) is 6.08. The molecule has 0 bridgehead atoms. The summed E-state index contributed by atoms with van der Waals surface area (Å²) >= 11 is 1.90. The van der Waals surface area contributed by atoms with E-state index >= 15 is 0 Å². The van der Waals surface area contributed by atoms with Crippen molar-refractivity contribution in [2.24, 2.45) is 0 Å². The smallest absolute Gasteiger partial charge is 0.0615 e. The Kier molecular flexibility index (Phi) is 8.59. The van der Waals surface area contributed by atoms with Gasteiger partial charge in [0.25, 0.3) is 0 Å². The van der Waals surface area contributed by atoms with Crippen molar-refractivity contribution >= 4 is 48.7 Å². The Labute approximate surface area is 314 Å². The molecular formula is C51H37NS. The first-order valence-electron chi connectivity index (χ1n) is 18.2. The Balaban J connectivity index is 1.19. The fourth-order valence-electron chi connectivity index (χ4n) is 7.75. The van der Waals surface area contributed by atoms with E-state index in [2.05, 4.69) is 177 Å². The third-order valence-corrected chi connectivity index (χ3v) is 11.8. The molecule has 0 saturated heterocycles. The maximum Gasteiger partial charge on any atom is 0.0615 e. The van der Waals surface area contributed by atoms with Crippen LogP contribution in [0.3, 0.4) is 0 Å². The molecule has 0 saturated carbocycles. The molecule has 9 aromatic rings. The third-order valence-electron chi connectivity index (χ3n) is 10.4. The van der Waals surface area contributed by atoms with Gasteiger partial charge in [-0.15, -0.1) is 11.3 Å². The molecule has 0 aliphatic heterocycles. The van der Waals surface area contributed by atoms with Crippen LogP contribution in [0.2, 0.25) is 0 Å². The van der Waals surface area contributed by atoms with Crippen LogP contribution < -0.4 is 0 Å². The minimum absolute atomic E-state index is 0.505. The van der Waals surface area contributed by atoms with Crippen LogP contribution in [0.4, 0.5) is 0 Å². The van der Waals surface area contributed by atoms with E-state index in [9.17, 15) is 5.41 Å². The lowest BCUT2D eigenvalue weighted by Gasteiger charge is -2.18. The molecule has 8 aromatic carbocycles. The molecule has 1 aromatic heterocycles. The van der Waals surface area contributed by atoms with E-state index in [0.29, 0.717) is 5.71 Å². The Morgan fingerprint density at radius 3 is 1.98 bits per heavy atom. The van der Waals surface area contributed by atoms with E-state index in [1.165, 1.54) is 64.3 Å². The van der Waals surface area contributed by atoms with Gasteiger partial charge in [0.2, 0.25) is 0 Å².